The Labute approximate surface area is 202 Å². The van der Waals surface area contributed by atoms with Crippen LogP contribution in [0, 0.1) is 11.7 Å². The summed E-state index contributed by atoms with van der Waals surface area (Å²) in [7, 11) is -3.80. The molecule has 0 fully saturated rings. The fourth-order valence-corrected chi connectivity index (χ4v) is 4.21. The van der Waals surface area contributed by atoms with Crippen LogP contribution in [0.5, 0.6) is 0 Å². The lowest BCUT2D eigenvalue weighted by molar-refractivity contribution is -0.139. The fraction of sp³-hybridized carbons (Fsp3) is 0.440. The van der Waals surface area contributed by atoms with Gasteiger partial charge in [-0.05, 0) is 43.0 Å². The molecule has 2 rings (SSSR count). The van der Waals surface area contributed by atoms with Crippen molar-refractivity contribution < 1.29 is 22.4 Å². The van der Waals surface area contributed by atoms with Gasteiger partial charge in [-0.2, -0.15) is 0 Å². The predicted octanol–water partition coefficient (Wildman–Crippen LogP) is 3.34. The summed E-state index contributed by atoms with van der Waals surface area (Å²) in [6.45, 7) is 7.16. The van der Waals surface area contributed by atoms with Crippen LogP contribution >= 0.6 is 0 Å². The topological polar surface area (TPSA) is 86.8 Å². The average Bonchev–Trinajstić information content (AvgIpc) is 2.79. The van der Waals surface area contributed by atoms with E-state index in [1.165, 1.54) is 23.1 Å². The van der Waals surface area contributed by atoms with Crippen molar-refractivity contribution >= 4 is 27.5 Å². The summed E-state index contributed by atoms with van der Waals surface area (Å²) in [5.41, 5.74) is 1.61. The zero-order valence-corrected chi connectivity index (χ0v) is 21.2. The maximum absolute atomic E-state index is 14.4. The molecule has 0 saturated heterocycles. The van der Waals surface area contributed by atoms with E-state index >= 15 is 0 Å². The zero-order valence-electron chi connectivity index (χ0n) is 20.4. The van der Waals surface area contributed by atoms with Crippen LogP contribution in [0.3, 0.4) is 0 Å². The Kier molecular flexibility index (Phi) is 9.61. The van der Waals surface area contributed by atoms with Crippen molar-refractivity contribution in [2.75, 3.05) is 23.7 Å². The Bertz CT molecular complexity index is 1090. The van der Waals surface area contributed by atoms with Crippen molar-refractivity contribution in [1.29, 1.82) is 0 Å². The maximum Gasteiger partial charge on any atom is 0.244 e. The Balaban J connectivity index is 2.37. The van der Waals surface area contributed by atoms with E-state index in [-0.39, 0.29) is 18.0 Å². The number of nitrogens with zero attached hydrogens (tertiary/aromatic N) is 2. The van der Waals surface area contributed by atoms with Crippen LogP contribution in [0.4, 0.5) is 10.1 Å². The highest BCUT2D eigenvalue weighted by Gasteiger charge is 2.30. The molecule has 1 atom stereocenters. The Morgan fingerprint density at radius 2 is 1.65 bits per heavy atom. The Hall–Kier alpha value is -2.94. The summed E-state index contributed by atoms with van der Waals surface area (Å²) < 4.78 is 40.5. The molecule has 9 heteroatoms. The van der Waals surface area contributed by atoms with Gasteiger partial charge in [0.2, 0.25) is 21.8 Å². The highest BCUT2D eigenvalue weighted by Crippen LogP contribution is 2.20. The second kappa shape index (κ2) is 12.0. The molecule has 1 unspecified atom stereocenters. The number of hydrogen-bond donors (Lipinski definition) is 1. The van der Waals surface area contributed by atoms with Gasteiger partial charge in [-0.1, -0.05) is 51.1 Å². The van der Waals surface area contributed by atoms with Crippen LogP contribution in [0.25, 0.3) is 0 Å². The van der Waals surface area contributed by atoms with Crippen molar-refractivity contribution in [1.82, 2.24) is 10.2 Å². The number of benzene rings is 2. The second-order valence-corrected chi connectivity index (χ2v) is 10.6. The summed E-state index contributed by atoms with van der Waals surface area (Å²) in [4.78, 5) is 27.4. The van der Waals surface area contributed by atoms with Crippen LogP contribution in [-0.2, 0) is 32.6 Å². The molecule has 1 N–H and O–H groups in total. The van der Waals surface area contributed by atoms with Crippen LogP contribution < -0.4 is 9.62 Å². The number of anilines is 1. The van der Waals surface area contributed by atoms with Crippen molar-refractivity contribution in [3.8, 4) is 0 Å². The van der Waals surface area contributed by atoms with E-state index in [9.17, 15) is 22.4 Å². The lowest BCUT2D eigenvalue weighted by Crippen LogP contribution is -2.51. The lowest BCUT2D eigenvalue weighted by Gasteiger charge is -2.31. The first-order valence-corrected chi connectivity index (χ1v) is 13.2. The van der Waals surface area contributed by atoms with Crippen molar-refractivity contribution in [2.24, 2.45) is 5.92 Å². The third-order valence-corrected chi connectivity index (χ3v) is 6.60. The molecule has 0 bridgehead atoms. The number of carbonyl (C=O) groups is 2. The monoisotopic (exact) mass is 491 g/mol. The number of rotatable bonds is 11. The van der Waals surface area contributed by atoms with E-state index in [1.54, 1.807) is 37.3 Å². The smallest absolute Gasteiger partial charge is 0.244 e. The van der Waals surface area contributed by atoms with Gasteiger partial charge in [0, 0.05) is 18.7 Å². The average molecular weight is 492 g/mol. The molecule has 186 valence electrons. The van der Waals surface area contributed by atoms with Gasteiger partial charge >= 0.3 is 0 Å². The molecule has 0 aliphatic carbocycles. The first-order chi connectivity index (χ1) is 15.9. The van der Waals surface area contributed by atoms with E-state index in [0.717, 1.165) is 22.5 Å². The molecular weight excluding hydrogens is 457 g/mol. The summed E-state index contributed by atoms with van der Waals surface area (Å²) in [5, 5.41) is 2.79. The van der Waals surface area contributed by atoms with Gasteiger partial charge in [-0.25, -0.2) is 12.8 Å². The largest absolute Gasteiger partial charge is 0.354 e. The van der Waals surface area contributed by atoms with Crippen molar-refractivity contribution in [3.63, 3.8) is 0 Å². The van der Waals surface area contributed by atoms with Gasteiger partial charge in [-0.15, -0.1) is 0 Å². The minimum Gasteiger partial charge on any atom is -0.354 e. The molecule has 2 aromatic rings. The lowest BCUT2D eigenvalue weighted by atomic mass is 10.1. The maximum atomic E-state index is 14.4. The molecule has 0 saturated carbocycles. The highest BCUT2D eigenvalue weighted by atomic mass is 32.2. The van der Waals surface area contributed by atoms with Crippen LogP contribution in [0.2, 0.25) is 0 Å². The van der Waals surface area contributed by atoms with Crippen molar-refractivity contribution in [2.45, 2.75) is 46.7 Å². The quantitative estimate of drug-likeness (QED) is 0.522. The van der Waals surface area contributed by atoms with Gasteiger partial charge < -0.3 is 10.2 Å². The molecule has 0 aliphatic heterocycles. The van der Waals surface area contributed by atoms with Gasteiger partial charge in [0.05, 0.1) is 11.9 Å². The Morgan fingerprint density at radius 3 is 2.18 bits per heavy atom. The van der Waals surface area contributed by atoms with Gasteiger partial charge in [0.15, 0.2) is 0 Å². The molecule has 2 aromatic carbocycles. The summed E-state index contributed by atoms with van der Waals surface area (Å²) in [6, 6.07) is 12.0. The number of hydrogen-bond acceptors (Lipinski definition) is 4. The number of aryl methyl sites for hydroxylation is 1. The molecule has 7 nitrogen and oxygen atoms in total. The molecule has 34 heavy (non-hydrogen) atoms. The molecule has 0 spiro atoms. The van der Waals surface area contributed by atoms with E-state index in [2.05, 4.69) is 5.32 Å². The van der Waals surface area contributed by atoms with Gasteiger partial charge in [0.1, 0.15) is 18.4 Å². The van der Waals surface area contributed by atoms with Gasteiger partial charge in [-0.3, -0.25) is 13.9 Å². The third-order valence-electron chi connectivity index (χ3n) is 5.46. The summed E-state index contributed by atoms with van der Waals surface area (Å²) in [5.74, 6) is -1.30. The van der Waals surface area contributed by atoms with E-state index in [0.29, 0.717) is 12.2 Å². The van der Waals surface area contributed by atoms with E-state index in [1.807, 2.05) is 20.8 Å². The summed E-state index contributed by atoms with van der Waals surface area (Å²) in [6.07, 6.45) is 1.81. The molecule has 0 aliphatic rings. The fourth-order valence-electron chi connectivity index (χ4n) is 3.36. The highest BCUT2D eigenvalue weighted by molar-refractivity contribution is 7.92. The predicted molar refractivity (Wildman–Crippen MR) is 132 cm³/mol. The number of sulfonamides is 1. The Morgan fingerprint density at radius 1 is 1.03 bits per heavy atom. The zero-order chi connectivity index (χ0) is 25.5. The van der Waals surface area contributed by atoms with E-state index in [4.69, 9.17) is 0 Å². The normalized spacial score (nSPS) is 12.3. The van der Waals surface area contributed by atoms with Crippen molar-refractivity contribution in [3.05, 3.63) is 65.5 Å². The molecule has 0 radical (unpaired) electrons. The summed E-state index contributed by atoms with van der Waals surface area (Å²) >= 11 is 0. The molecule has 2 amide bonds. The number of carbonyl (C=O) groups excluding carboxylic acids is 2. The SMILES string of the molecule is CCc1ccc(N(CC(=O)N(Cc2ccccc2F)C(C)C(=O)NCC(C)C)S(C)(=O)=O)cc1. The van der Waals surface area contributed by atoms with Crippen LogP contribution in [0.15, 0.2) is 48.5 Å². The first kappa shape index (κ1) is 27.3. The van der Waals surface area contributed by atoms with Gasteiger partial charge in [0.25, 0.3) is 0 Å². The van der Waals surface area contributed by atoms with E-state index < -0.39 is 40.2 Å². The standard InChI is InChI=1S/C25H34FN3O4S/c1-6-20-11-13-22(14-12-20)29(34(5,32)33)17-24(30)28(16-21-9-7-8-10-23(21)26)19(4)25(31)27-15-18(2)3/h7-14,18-19H,6,15-17H2,1-5H3,(H,27,31). The number of amides is 2. The molecule has 0 aromatic heterocycles. The number of halogens is 1. The second-order valence-electron chi connectivity index (χ2n) is 8.72. The number of nitrogens with one attached hydrogen (secondary N) is 1. The third kappa shape index (κ3) is 7.55. The minimum absolute atomic E-state index is 0.172. The minimum atomic E-state index is -3.80. The van der Waals surface area contributed by atoms with Crippen LogP contribution in [-0.4, -0.2) is 50.5 Å². The first-order valence-electron chi connectivity index (χ1n) is 11.3. The molecular formula is C25H34FN3O4S. The van der Waals surface area contributed by atoms with Crippen LogP contribution in [0.1, 0.15) is 38.8 Å². The molecule has 0 heterocycles.